The number of nitrogens with one attached hydrogen (secondary N) is 1. The summed E-state index contributed by atoms with van der Waals surface area (Å²) < 4.78 is 0. The van der Waals surface area contributed by atoms with Crippen LogP contribution in [0.25, 0.3) is 0 Å². The van der Waals surface area contributed by atoms with E-state index in [9.17, 15) is 4.79 Å². The first-order valence-electron chi connectivity index (χ1n) is 7.15. The van der Waals surface area contributed by atoms with Crippen LogP contribution in [0.5, 0.6) is 0 Å². The molecule has 0 aliphatic heterocycles. The fourth-order valence-corrected chi connectivity index (χ4v) is 2.50. The summed E-state index contributed by atoms with van der Waals surface area (Å²) in [7, 11) is 0. The van der Waals surface area contributed by atoms with E-state index in [0.717, 1.165) is 22.6 Å². The van der Waals surface area contributed by atoms with E-state index in [-0.39, 0.29) is 11.9 Å². The maximum atomic E-state index is 12.0. The van der Waals surface area contributed by atoms with Gasteiger partial charge in [0.1, 0.15) is 0 Å². The number of aryl methyl sites for hydroxylation is 2. The van der Waals surface area contributed by atoms with E-state index < -0.39 is 0 Å². The zero-order chi connectivity index (χ0) is 15.2. The Kier molecular flexibility index (Phi) is 5.40. The molecule has 1 unspecified atom stereocenters. The number of rotatable bonds is 5. The van der Waals surface area contributed by atoms with Gasteiger partial charge in [0, 0.05) is 11.4 Å². The second kappa shape index (κ2) is 7.28. The average Bonchev–Trinajstić information content (AvgIpc) is 2.47. The summed E-state index contributed by atoms with van der Waals surface area (Å²) in [5.74, 6) is 0.0701. The first kappa shape index (κ1) is 15.6. The van der Waals surface area contributed by atoms with E-state index in [2.05, 4.69) is 24.4 Å². The minimum Gasteiger partial charge on any atom is -0.350 e. The van der Waals surface area contributed by atoms with Crippen LogP contribution >= 0.6 is 11.6 Å². The molecule has 1 amide bonds. The van der Waals surface area contributed by atoms with Crippen LogP contribution < -0.4 is 5.32 Å². The van der Waals surface area contributed by atoms with Crippen LogP contribution in [-0.4, -0.2) is 5.91 Å². The second-order valence-electron chi connectivity index (χ2n) is 5.27. The number of carbonyl (C=O) groups is 1. The molecule has 2 aromatic rings. The molecule has 1 N–H and O–H groups in total. The Hall–Kier alpha value is -1.80. The van der Waals surface area contributed by atoms with Gasteiger partial charge in [-0.2, -0.15) is 0 Å². The first-order valence-corrected chi connectivity index (χ1v) is 7.53. The van der Waals surface area contributed by atoms with Crippen LogP contribution in [-0.2, 0) is 11.2 Å². The maximum Gasteiger partial charge on any atom is 0.220 e. The third kappa shape index (κ3) is 4.61. The largest absolute Gasteiger partial charge is 0.350 e. The van der Waals surface area contributed by atoms with Crippen molar-refractivity contribution in [2.75, 3.05) is 0 Å². The maximum absolute atomic E-state index is 12.0. The summed E-state index contributed by atoms with van der Waals surface area (Å²) in [5, 5.41) is 3.77. The molecule has 0 radical (unpaired) electrons. The van der Waals surface area contributed by atoms with Gasteiger partial charge < -0.3 is 5.32 Å². The molecule has 0 saturated heterocycles. The Labute approximate surface area is 131 Å². The van der Waals surface area contributed by atoms with Crippen molar-refractivity contribution < 1.29 is 4.79 Å². The summed E-state index contributed by atoms with van der Waals surface area (Å²) in [5.41, 5.74) is 3.48. The number of benzene rings is 2. The highest BCUT2D eigenvalue weighted by Gasteiger charge is 2.11. The third-order valence-electron chi connectivity index (χ3n) is 3.59. The topological polar surface area (TPSA) is 29.1 Å². The van der Waals surface area contributed by atoms with Gasteiger partial charge in [0.05, 0.1) is 6.04 Å². The minimum absolute atomic E-state index is 0.0314. The SMILES string of the molecule is Cc1ccccc1C(C)NC(=O)CCc1ccc(Cl)cc1. The highest BCUT2D eigenvalue weighted by molar-refractivity contribution is 6.30. The molecule has 0 aliphatic carbocycles. The van der Waals surface area contributed by atoms with E-state index in [1.807, 2.05) is 43.3 Å². The third-order valence-corrected chi connectivity index (χ3v) is 3.84. The average molecular weight is 302 g/mol. The van der Waals surface area contributed by atoms with Gasteiger partial charge in [-0.15, -0.1) is 0 Å². The molecule has 110 valence electrons. The van der Waals surface area contributed by atoms with Crippen molar-refractivity contribution in [1.82, 2.24) is 5.32 Å². The Balaban J connectivity index is 1.87. The zero-order valence-corrected chi connectivity index (χ0v) is 13.2. The summed E-state index contributed by atoms with van der Waals surface area (Å²) in [6.45, 7) is 4.08. The highest BCUT2D eigenvalue weighted by Crippen LogP contribution is 2.17. The van der Waals surface area contributed by atoms with Crippen LogP contribution in [0.1, 0.15) is 36.1 Å². The van der Waals surface area contributed by atoms with Gasteiger partial charge in [0.25, 0.3) is 0 Å². The molecule has 0 aliphatic rings. The Morgan fingerprint density at radius 2 is 1.81 bits per heavy atom. The molecule has 0 heterocycles. The first-order chi connectivity index (χ1) is 10.1. The standard InChI is InChI=1S/C18H20ClNO/c1-13-5-3-4-6-17(13)14(2)20-18(21)12-9-15-7-10-16(19)11-8-15/h3-8,10-11,14H,9,12H2,1-2H3,(H,20,21). The predicted octanol–water partition coefficient (Wildman–Crippen LogP) is 4.46. The van der Waals surface area contributed by atoms with E-state index in [0.29, 0.717) is 6.42 Å². The van der Waals surface area contributed by atoms with Gasteiger partial charge in [-0.3, -0.25) is 4.79 Å². The van der Waals surface area contributed by atoms with Crippen molar-refractivity contribution >= 4 is 17.5 Å². The number of halogens is 1. The minimum atomic E-state index is 0.0314. The monoisotopic (exact) mass is 301 g/mol. The molecule has 2 aromatic carbocycles. The molecule has 0 aromatic heterocycles. The fourth-order valence-electron chi connectivity index (χ4n) is 2.37. The van der Waals surface area contributed by atoms with Crippen LogP contribution in [0.4, 0.5) is 0 Å². The van der Waals surface area contributed by atoms with E-state index in [4.69, 9.17) is 11.6 Å². The van der Waals surface area contributed by atoms with Gasteiger partial charge in [-0.05, 0) is 49.1 Å². The smallest absolute Gasteiger partial charge is 0.220 e. The van der Waals surface area contributed by atoms with E-state index in [1.54, 1.807) is 0 Å². The predicted molar refractivity (Wildman–Crippen MR) is 87.5 cm³/mol. The van der Waals surface area contributed by atoms with Gasteiger partial charge >= 0.3 is 0 Å². The highest BCUT2D eigenvalue weighted by atomic mass is 35.5. The van der Waals surface area contributed by atoms with Crippen molar-refractivity contribution in [1.29, 1.82) is 0 Å². The summed E-state index contributed by atoms with van der Waals surface area (Å²) >= 11 is 5.85. The molecular formula is C18H20ClNO. The van der Waals surface area contributed by atoms with Gasteiger partial charge in [-0.1, -0.05) is 48.0 Å². The molecule has 2 rings (SSSR count). The Morgan fingerprint density at radius 1 is 1.14 bits per heavy atom. The molecule has 2 nitrogen and oxygen atoms in total. The number of hydrogen-bond acceptors (Lipinski definition) is 1. The Bertz CT molecular complexity index is 607. The van der Waals surface area contributed by atoms with Crippen LogP contribution in [0.2, 0.25) is 5.02 Å². The van der Waals surface area contributed by atoms with Crippen LogP contribution in [0.15, 0.2) is 48.5 Å². The molecule has 3 heteroatoms. The van der Waals surface area contributed by atoms with E-state index >= 15 is 0 Å². The lowest BCUT2D eigenvalue weighted by Gasteiger charge is -2.16. The van der Waals surface area contributed by atoms with Crippen molar-refractivity contribution in [2.24, 2.45) is 0 Å². The molecule has 1 atom stereocenters. The van der Waals surface area contributed by atoms with Crippen LogP contribution in [0, 0.1) is 6.92 Å². The summed E-state index contributed by atoms with van der Waals surface area (Å²) in [4.78, 5) is 12.0. The lowest BCUT2D eigenvalue weighted by molar-refractivity contribution is -0.121. The molecule has 21 heavy (non-hydrogen) atoms. The molecule has 0 fully saturated rings. The van der Waals surface area contributed by atoms with Gasteiger partial charge in [0.2, 0.25) is 5.91 Å². The lowest BCUT2D eigenvalue weighted by Crippen LogP contribution is -2.27. The summed E-state index contributed by atoms with van der Waals surface area (Å²) in [6.07, 6.45) is 1.21. The van der Waals surface area contributed by atoms with Crippen molar-refractivity contribution in [2.45, 2.75) is 32.7 Å². The van der Waals surface area contributed by atoms with Gasteiger partial charge in [0.15, 0.2) is 0 Å². The lowest BCUT2D eigenvalue weighted by atomic mass is 10.0. The zero-order valence-electron chi connectivity index (χ0n) is 12.4. The van der Waals surface area contributed by atoms with E-state index in [1.165, 1.54) is 5.56 Å². The van der Waals surface area contributed by atoms with Crippen molar-refractivity contribution in [3.05, 3.63) is 70.2 Å². The Morgan fingerprint density at radius 3 is 2.48 bits per heavy atom. The quantitative estimate of drug-likeness (QED) is 0.868. The number of amides is 1. The van der Waals surface area contributed by atoms with Crippen molar-refractivity contribution in [3.8, 4) is 0 Å². The van der Waals surface area contributed by atoms with Crippen LogP contribution in [0.3, 0.4) is 0 Å². The molecule has 0 saturated carbocycles. The fraction of sp³-hybridized carbons (Fsp3) is 0.278. The normalized spacial score (nSPS) is 12.0. The molecule has 0 bridgehead atoms. The second-order valence-corrected chi connectivity index (χ2v) is 5.71. The number of carbonyl (C=O) groups excluding carboxylic acids is 1. The summed E-state index contributed by atoms with van der Waals surface area (Å²) in [6, 6.07) is 15.8. The van der Waals surface area contributed by atoms with Crippen molar-refractivity contribution in [3.63, 3.8) is 0 Å². The molecular weight excluding hydrogens is 282 g/mol. The number of hydrogen-bond donors (Lipinski definition) is 1. The molecule has 0 spiro atoms. The van der Waals surface area contributed by atoms with Gasteiger partial charge in [-0.25, -0.2) is 0 Å².